The van der Waals surface area contributed by atoms with Crippen molar-refractivity contribution in [2.45, 2.75) is 19.4 Å². The second-order valence-electron chi connectivity index (χ2n) is 5.97. The summed E-state index contributed by atoms with van der Waals surface area (Å²) in [5.74, 6) is 0.602. The lowest BCUT2D eigenvalue weighted by molar-refractivity contribution is 0.102. The monoisotopic (exact) mass is 383 g/mol. The van der Waals surface area contributed by atoms with Crippen molar-refractivity contribution in [1.29, 1.82) is 0 Å². The number of aromatic nitrogens is 2. The number of halogens is 1. The molecule has 1 aliphatic heterocycles. The highest BCUT2D eigenvalue weighted by Crippen LogP contribution is 2.28. The van der Waals surface area contributed by atoms with E-state index in [0.717, 1.165) is 0 Å². The molecule has 2 heterocycles. The minimum atomic E-state index is -3.06. The molecule has 0 saturated carbocycles. The van der Waals surface area contributed by atoms with Crippen LogP contribution in [-0.2, 0) is 9.84 Å². The number of amides is 1. The van der Waals surface area contributed by atoms with Gasteiger partial charge in [-0.05, 0) is 31.5 Å². The molecule has 3 rings (SSSR count). The number of hydrogen-bond donors (Lipinski definition) is 1. The van der Waals surface area contributed by atoms with Crippen molar-refractivity contribution >= 4 is 33.2 Å². The molecule has 1 aromatic heterocycles. The molecule has 1 aliphatic rings. The van der Waals surface area contributed by atoms with Crippen molar-refractivity contribution in [1.82, 2.24) is 9.78 Å². The van der Waals surface area contributed by atoms with Crippen molar-refractivity contribution in [3.63, 3.8) is 0 Å². The van der Waals surface area contributed by atoms with Gasteiger partial charge in [0.15, 0.2) is 9.84 Å². The molecule has 1 N–H and O–H groups in total. The fourth-order valence-electron chi connectivity index (χ4n) is 2.90. The van der Waals surface area contributed by atoms with Crippen molar-refractivity contribution in [3.8, 4) is 5.75 Å². The number of carbonyl (C=O) groups excluding carboxylic acids is 1. The van der Waals surface area contributed by atoms with Crippen LogP contribution in [0.2, 0.25) is 5.02 Å². The second kappa shape index (κ2) is 6.68. The van der Waals surface area contributed by atoms with Gasteiger partial charge in [0.1, 0.15) is 11.6 Å². The Balaban J connectivity index is 1.89. The number of ether oxygens (including phenoxy) is 1. The summed E-state index contributed by atoms with van der Waals surface area (Å²) in [6.07, 6.45) is 0.479. The first-order valence-corrected chi connectivity index (χ1v) is 9.90. The highest BCUT2D eigenvalue weighted by atomic mass is 35.5. The zero-order chi connectivity index (χ0) is 18.2. The fourth-order valence-corrected chi connectivity index (χ4v) is 4.76. The number of sulfone groups is 1. The Labute approximate surface area is 150 Å². The summed E-state index contributed by atoms with van der Waals surface area (Å²) in [5.41, 5.74) is 0.983. The maximum absolute atomic E-state index is 12.6. The molecule has 1 saturated heterocycles. The molecule has 1 aromatic carbocycles. The molecule has 7 nitrogen and oxygen atoms in total. The van der Waals surface area contributed by atoms with E-state index in [1.165, 1.54) is 13.2 Å². The molecule has 0 spiro atoms. The van der Waals surface area contributed by atoms with Crippen LogP contribution in [0, 0.1) is 6.92 Å². The van der Waals surface area contributed by atoms with Gasteiger partial charge in [-0.1, -0.05) is 11.6 Å². The van der Waals surface area contributed by atoms with Crippen LogP contribution in [0.1, 0.15) is 28.5 Å². The second-order valence-corrected chi connectivity index (χ2v) is 8.64. The Hall–Kier alpha value is -2.06. The first-order valence-electron chi connectivity index (χ1n) is 7.70. The SMILES string of the molecule is COc1ccc(Cl)cc1C(=O)Nc1cc(C)nn1[C@H]1CCS(=O)(=O)C1. The van der Waals surface area contributed by atoms with Crippen LogP contribution in [0.4, 0.5) is 5.82 Å². The van der Waals surface area contributed by atoms with Gasteiger partial charge >= 0.3 is 0 Å². The lowest BCUT2D eigenvalue weighted by atomic mass is 10.2. The first kappa shape index (κ1) is 17.8. The molecule has 1 fully saturated rings. The minimum absolute atomic E-state index is 0.0253. The van der Waals surface area contributed by atoms with Crippen LogP contribution in [-0.4, -0.2) is 42.7 Å². The number of methoxy groups -OCH3 is 1. The number of anilines is 1. The van der Waals surface area contributed by atoms with Crippen molar-refractivity contribution in [2.75, 3.05) is 23.9 Å². The van der Waals surface area contributed by atoms with Crippen molar-refractivity contribution < 1.29 is 17.9 Å². The maximum atomic E-state index is 12.6. The average Bonchev–Trinajstić information content (AvgIpc) is 3.09. The van der Waals surface area contributed by atoms with E-state index < -0.39 is 15.7 Å². The number of aryl methyl sites for hydroxylation is 1. The van der Waals surface area contributed by atoms with Gasteiger partial charge in [0.2, 0.25) is 0 Å². The third-order valence-corrected chi connectivity index (χ3v) is 6.05. The summed E-state index contributed by atoms with van der Waals surface area (Å²) in [6.45, 7) is 1.79. The smallest absolute Gasteiger partial charge is 0.260 e. The van der Waals surface area contributed by atoms with Gasteiger partial charge in [-0.25, -0.2) is 13.1 Å². The minimum Gasteiger partial charge on any atom is -0.496 e. The van der Waals surface area contributed by atoms with Gasteiger partial charge in [-0.3, -0.25) is 4.79 Å². The lowest BCUT2D eigenvalue weighted by Crippen LogP contribution is -2.20. The molecule has 9 heteroatoms. The van der Waals surface area contributed by atoms with E-state index in [9.17, 15) is 13.2 Å². The number of benzene rings is 1. The third-order valence-electron chi connectivity index (χ3n) is 4.06. The largest absolute Gasteiger partial charge is 0.496 e. The summed E-state index contributed by atoms with van der Waals surface area (Å²) < 4.78 is 30.3. The number of carbonyl (C=O) groups is 1. The molecule has 25 heavy (non-hydrogen) atoms. The third kappa shape index (κ3) is 3.80. The fraction of sp³-hybridized carbons (Fsp3) is 0.375. The predicted molar refractivity (Wildman–Crippen MR) is 95.2 cm³/mol. The van der Waals surface area contributed by atoms with E-state index >= 15 is 0 Å². The number of rotatable bonds is 4. The zero-order valence-corrected chi connectivity index (χ0v) is 15.4. The molecule has 1 atom stereocenters. The summed E-state index contributed by atoms with van der Waals surface area (Å²) in [4.78, 5) is 12.6. The average molecular weight is 384 g/mol. The summed E-state index contributed by atoms with van der Waals surface area (Å²) in [7, 11) is -1.59. The van der Waals surface area contributed by atoms with Crippen molar-refractivity contribution in [2.24, 2.45) is 0 Å². The van der Waals surface area contributed by atoms with Gasteiger partial charge < -0.3 is 10.1 Å². The zero-order valence-electron chi connectivity index (χ0n) is 13.8. The standard InChI is InChI=1S/C16H18ClN3O4S/c1-10-7-15(20(19-10)12-5-6-25(22,23)9-12)18-16(21)13-8-11(17)3-4-14(13)24-2/h3-4,7-8,12H,5-6,9H2,1-2H3,(H,18,21)/t12-/m0/s1. The van der Waals surface area contributed by atoms with Crippen molar-refractivity contribution in [3.05, 3.63) is 40.5 Å². The molecule has 0 unspecified atom stereocenters. The quantitative estimate of drug-likeness (QED) is 0.875. The molecular formula is C16H18ClN3O4S. The highest BCUT2D eigenvalue weighted by Gasteiger charge is 2.31. The predicted octanol–water partition coefficient (Wildman–Crippen LogP) is 2.47. The molecule has 2 aromatic rings. The number of nitrogens with zero attached hydrogens (tertiary/aromatic N) is 2. The van der Waals surface area contributed by atoms with E-state index in [2.05, 4.69) is 10.4 Å². The Kier molecular flexibility index (Phi) is 4.75. The summed E-state index contributed by atoms with van der Waals surface area (Å²) in [6, 6.07) is 6.19. The molecule has 1 amide bonds. The topological polar surface area (TPSA) is 90.3 Å². The van der Waals surface area contributed by atoms with E-state index in [1.54, 1.807) is 29.8 Å². The van der Waals surface area contributed by atoms with Crippen LogP contribution in [0.5, 0.6) is 5.75 Å². The maximum Gasteiger partial charge on any atom is 0.260 e. The normalized spacial score (nSPS) is 18.9. The van der Waals surface area contributed by atoms with Gasteiger partial charge in [0, 0.05) is 11.1 Å². The van der Waals surface area contributed by atoms with Crippen LogP contribution in [0.3, 0.4) is 0 Å². The summed E-state index contributed by atoms with van der Waals surface area (Å²) in [5, 5.41) is 7.54. The lowest BCUT2D eigenvalue weighted by Gasteiger charge is -2.14. The van der Waals surface area contributed by atoms with Gasteiger partial charge in [-0.2, -0.15) is 5.10 Å². The van der Waals surface area contributed by atoms with Crippen LogP contribution in [0.15, 0.2) is 24.3 Å². The molecule has 0 bridgehead atoms. The molecule has 0 radical (unpaired) electrons. The van der Waals surface area contributed by atoms with Crippen LogP contribution < -0.4 is 10.1 Å². The van der Waals surface area contributed by atoms with E-state index in [1.807, 2.05) is 0 Å². The van der Waals surface area contributed by atoms with Gasteiger partial charge in [0.05, 0.1) is 35.9 Å². The Morgan fingerprint density at radius 3 is 2.80 bits per heavy atom. The van der Waals surface area contributed by atoms with E-state index in [0.29, 0.717) is 34.3 Å². The Bertz CT molecular complexity index is 923. The molecule has 134 valence electrons. The number of hydrogen-bond acceptors (Lipinski definition) is 5. The van der Waals surface area contributed by atoms with Gasteiger partial charge in [0.25, 0.3) is 5.91 Å². The van der Waals surface area contributed by atoms with Crippen LogP contribution in [0.25, 0.3) is 0 Å². The first-order chi connectivity index (χ1) is 11.8. The van der Waals surface area contributed by atoms with Crippen LogP contribution >= 0.6 is 11.6 Å². The summed E-state index contributed by atoms with van der Waals surface area (Å²) >= 11 is 5.97. The number of nitrogens with one attached hydrogen (secondary N) is 1. The molecular weight excluding hydrogens is 366 g/mol. The highest BCUT2D eigenvalue weighted by molar-refractivity contribution is 7.91. The Morgan fingerprint density at radius 2 is 2.16 bits per heavy atom. The van der Waals surface area contributed by atoms with E-state index in [4.69, 9.17) is 16.3 Å². The molecule has 0 aliphatic carbocycles. The Morgan fingerprint density at radius 1 is 1.40 bits per heavy atom. The van der Waals surface area contributed by atoms with Gasteiger partial charge in [-0.15, -0.1) is 0 Å². The van der Waals surface area contributed by atoms with E-state index in [-0.39, 0.29) is 17.5 Å².